The number of aliphatic carboxylic acids is 1. The molecule has 1 aliphatic rings. The molecular formula is C26H20F2N2O4. The number of benzene rings is 3. The summed E-state index contributed by atoms with van der Waals surface area (Å²) in [6.07, 6.45) is 0.468. The van der Waals surface area contributed by atoms with Crippen molar-refractivity contribution >= 4 is 23.0 Å². The van der Waals surface area contributed by atoms with Crippen molar-refractivity contribution in [1.82, 2.24) is 10.3 Å². The van der Waals surface area contributed by atoms with Crippen molar-refractivity contribution in [1.29, 1.82) is 0 Å². The van der Waals surface area contributed by atoms with Crippen LogP contribution in [0.3, 0.4) is 0 Å². The topological polar surface area (TPSA) is 91.4 Å². The Labute approximate surface area is 193 Å². The van der Waals surface area contributed by atoms with E-state index in [1.807, 2.05) is 48.5 Å². The highest BCUT2D eigenvalue weighted by Crippen LogP contribution is 2.44. The lowest BCUT2D eigenvalue weighted by Gasteiger charge is -2.17. The number of carbonyl (C=O) groups excluding carboxylic acids is 1. The van der Waals surface area contributed by atoms with Crippen LogP contribution < -0.4 is 5.32 Å². The Balaban J connectivity index is 1.29. The van der Waals surface area contributed by atoms with Crippen LogP contribution in [0.2, 0.25) is 0 Å². The number of hydrogen-bond acceptors (Lipinski definition) is 3. The number of aromatic nitrogens is 1. The Kier molecular flexibility index (Phi) is 5.49. The van der Waals surface area contributed by atoms with Gasteiger partial charge in [-0.1, -0.05) is 48.5 Å². The second-order valence-corrected chi connectivity index (χ2v) is 8.19. The summed E-state index contributed by atoms with van der Waals surface area (Å²) in [5, 5.41) is 12.3. The highest BCUT2D eigenvalue weighted by molar-refractivity contribution is 5.86. The zero-order valence-corrected chi connectivity index (χ0v) is 17.8. The molecular weight excluding hydrogens is 442 g/mol. The van der Waals surface area contributed by atoms with Gasteiger partial charge in [0.2, 0.25) is 0 Å². The third-order valence-electron chi connectivity index (χ3n) is 6.17. The Hall–Kier alpha value is -4.20. The Morgan fingerprint density at radius 2 is 1.62 bits per heavy atom. The minimum Gasteiger partial charge on any atom is -0.480 e. The maximum atomic E-state index is 13.7. The van der Waals surface area contributed by atoms with Gasteiger partial charge in [0, 0.05) is 35.5 Å². The van der Waals surface area contributed by atoms with E-state index in [1.54, 1.807) is 0 Å². The highest BCUT2D eigenvalue weighted by Gasteiger charge is 2.30. The van der Waals surface area contributed by atoms with Crippen molar-refractivity contribution in [3.63, 3.8) is 0 Å². The quantitative estimate of drug-likeness (QED) is 0.377. The second-order valence-electron chi connectivity index (χ2n) is 8.19. The minimum absolute atomic E-state index is 0.0454. The Morgan fingerprint density at radius 1 is 1.00 bits per heavy atom. The van der Waals surface area contributed by atoms with E-state index < -0.39 is 29.7 Å². The summed E-state index contributed by atoms with van der Waals surface area (Å²) in [4.78, 5) is 27.1. The molecule has 34 heavy (non-hydrogen) atoms. The second kappa shape index (κ2) is 8.62. The van der Waals surface area contributed by atoms with Crippen LogP contribution >= 0.6 is 0 Å². The number of rotatable bonds is 6. The fourth-order valence-corrected chi connectivity index (χ4v) is 4.55. The lowest BCUT2D eigenvalue weighted by Crippen LogP contribution is -2.42. The van der Waals surface area contributed by atoms with Crippen LogP contribution in [0.5, 0.6) is 0 Å². The minimum atomic E-state index is -1.32. The van der Waals surface area contributed by atoms with Crippen LogP contribution in [0.25, 0.3) is 22.0 Å². The standard InChI is InChI=1S/C26H20F2N2O4/c27-21-10-19-14(12-29-23(19)11-22(21)28)9-24(25(31)32)30-26(33)34-13-20-17-7-3-1-5-15(17)16-6-2-4-8-18(16)20/h1-8,10-12,20,24,29H,9,13H2,(H,30,33)(H,31,32). The molecule has 172 valence electrons. The van der Waals surface area contributed by atoms with Gasteiger partial charge in [0.15, 0.2) is 11.6 Å². The largest absolute Gasteiger partial charge is 0.480 e. The van der Waals surface area contributed by atoms with Gasteiger partial charge in [-0.05, 0) is 33.9 Å². The van der Waals surface area contributed by atoms with Crippen molar-refractivity contribution in [2.24, 2.45) is 0 Å². The maximum absolute atomic E-state index is 13.7. The molecule has 0 aliphatic heterocycles. The molecule has 0 radical (unpaired) electrons. The van der Waals surface area contributed by atoms with Gasteiger partial charge in [0.25, 0.3) is 0 Å². The molecule has 1 heterocycles. The molecule has 0 spiro atoms. The van der Waals surface area contributed by atoms with E-state index in [0.717, 1.165) is 34.4 Å². The predicted molar refractivity (Wildman–Crippen MR) is 122 cm³/mol. The Morgan fingerprint density at radius 3 is 2.26 bits per heavy atom. The summed E-state index contributed by atoms with van der Waals surface area (Å²) in [6, 6.07) is 16.5. The van der Waals surface area contributed by atoms with E-state index in [2.05, 4.69) is 10.3 Å². The third kappa shape index (κ3) is 3.87. The SMILES string of the molecule is O=C(NC(Cc1c[nH]c2cc(F)c(F)cc12)C(=O)O)OCC1c2ccccc2-c2ccccc21. The summed E-state index contributed by atoms with van der Waals surface area (Å²) >= 11 is 0. The van der Waals surface area contributed by atoms with E-state index in [0.29, 0.717) is 16.5 Å². The number of hydrogen-bond donors (Lipinski definition) is 3. The number of carbonyl (C=O) groups is 2. The number of H-pyrrole nitrogens is 1. The first-order chi connectivity index (χ1) is 16.4. The van der Waals surface area contributed by atoms with Gasteiger partial charge in [0.05, 0.1) is 0 Å². The van der Waals surface area contributed by atoms with Crippen molar-refractivity contribution in [2.75, 3.05) is 6.61 Å². The fourth-order valence-electron chi connectivity index (χ4n) is 4.55. The molecule has 1 atom stereocenters. The van der Waals surface area contributed by atoms with Crippen LogP contribution in [0.15, 0.2) is 66.9 Å². The molecule has 3 aromatic carbocycles. The zero-order valence-electron chi connectivity index (χ0n) is 17.8. The lowest BCUT2D eigenvalue weighted by atomic mass is 9.98. The molecule has 1 unspecified atom stereocenters. The first kappa shape index (κ1) is 21.6. The molecule has 4 aromatic rings. The van der Waals surface area contributed by atoms with Crippen LogP contribution in [-0.2, 0) is 16.0 Å². The molecule has 1 amide bonds. The smallest absolute Gasteiger partial charge is 0.407 e. The average molecular weight is 462 g/mol. The maximum Gasteiger partial charge on any atom is 0.407 e. The van der Waals surface area contributed by atoms with Gasteiger partial charge >= 0.3 is 12.1 Å². The first-order valence-corrected chi connectivity index (χ1v) is 10.7. The zero-order chi connectivity index (χ0) is 23.8. The molecule has 0 bridgehead atoms. The summed E-state index contributed by atoms with van der Waals surface area (Å²) in [7, 11) is 0. The van der Waals surface area contributed by atoms with Crippen LogP contribution in [0.1, 0.15) is 22.6 Å². The van der Waals surface area contributed by atoms with Crippen LogP contribution in [0.4, 0.5) is 13.6 Å². The monoisotopic (exact) mass is 462 g/mol. The molecule has 1 aromatic heterocycles. The number of carboxylic acid groups (broad SMARTS) is 1. The highest BCUT2D eigenvalue weighted by atomic mass is 19.2. The van der Waals surface area contributed by atoms with E-state index in [-0.39, 0.29) is 18.9 Å². The molecule has 0 saturated heterocycles. The van der Waals surface area contributed by atoms with Gasteiger partial charge in [-0.25, -0.2) is 18.4 Å². The molecule has 8 heteroatoms. The molecule has 5 rings (SSSR count). The van der Waals surface area contributed by atoms with Gasteiger partial charge in [-0.3, -0.25) is 0 Å². The van der Waals surface area contributed by atoms with Crippen molar-refractivity contribution in [3.8, 4) is 11.1 Å². The first-order valence-electron chi connectivity index (χ1n) is 10.7. The third-order valence-corrected chi connectivity index (χ3v) is 6.17. The lowest BCUT2D eigenvalue weighted by molar-refractivity contribution is -0.139. The number of carboxylic acids is 1. The van der Waals surface area contributed by atoms with Crippen molar-refractivity contribution < 1.29 is 28.2 Å². The number of ether oxygens (including phenoxy) is 1. The summed E-state index contributed by atoms with van der Waals surface area (Å²) in [5.41, 5.74) is 5.01. The number of nitrogens with one attached hydrogen (secondary N) is 2. The normalized spacial score (nSPS) is 13.4. The molecule has 3 N–H and O–H groups in total. The van der Waals surface area contributed by atoms with Crippen molar-refractivity contribution in [3.05, 3.63) is 95.2 Å². The summed E-state index contributed by atoms with van der Waals surface area (Å²) in [6.45, 7) is 0.0454. The number of fused-ring (bicyclic) bond motifs is 4. The van der Waals surface area contributed by atoms with Gasteiger partial charge < -0.3 is 20.1 Å². The van der Waals surface area contributed by atoms with E-state index >= 15 is 0 Å². The Bertz CT molecular complexity index is 1370. The van der Waals surface area contributed by atoms with E-state index in [4.69, 9.17) is 4.74 Å². The van der Waals surface area contributed by atoms with E-state index in [1.165, 1.54) is 6.20 Å². The van der Waals surface area contributed by atoms with Gasteiger partial charge in [0.1, 0.15) is 12.6 Å². The summed E-state index contributed by atoms with van der Waals surface area (Å²) < 4.78 is 32.6. The van der Waals surface area contributed by atoms with Gasteiger partial charge in [-0.2, -0.15) is 0 Å². The molecule has 0 saturated carbocycles. The van der Waals surface area contributed by atoms with Crippen LogP contribution in [-0.4, -0.2) is 34.8 Å². The molecule has 1 aliphatic carbocycles. The van der Waals surface area contributed by atoms with E-state index in [9.17, 15) is 23.5 Å². The fraction of sp³-hybridized carbons (Fsp3) is 0.154. The summed E-state index contributed by atoms with van der Waals surface area (Å²) in [5.74, 6) is -3.48. The number of alkyl carbamates (subject to hydrolysis) is 1. The number of aromatic amines is 1. The molecule has 6 nitrogen and oxygen atoms in total. The number of halogens is 2. The number of amides is 1. The predicted octanol–water partition coefficient (Wildman–Crippen LogP) is 4.98. The van der Waals surface area contributed by atoms with Crippen LogP contribution in [0, 0.1) is 11.6 Å². The van der Waals surface area contributed by atoms with Gasteiger partial charge in [-0.15, -0.1) is 0 Å². The molecule has 0 fully saturated rings. The average Bonchev–Trinajstić information content (AvgIpc) is 3.36. The van der Waals surface area contributed by atoms with Crippen molar-refractivity contribution in [2.45, 2.75) is 18.4 Å².